The lowest BCUT2D eigenvalue weighted by Crippen LogP contribution is -2.44. The Morgan fingerprint density at radius 3 is 1.21 bits per heavy atom. The minimum Gasteiger partial charge on any atom is -0.392 e. The van der Waals surface area contributed by atoms with E-state index in [2.05, 4.69) is 9.80 Å². The molecule has 0 amide bonds. The van der Waals surface area contributed by atoms with Gasteiger partial charge in [-0.3, -0.25) is 9.80 Å². The first-order chi connectivity index (χ1) is 13.5. The van der Waals surface area contributed by atoms with E-state index in [0.29, 0.717) is 32.7 Å². The minimum absolute atomic E-state index is 0.350. The SMILES string of the molecule is CC(O)CN(CCCC(N)(CCN)CCCN(CC(C)O)CC(C)O)CC(C)O. The molecule has 0 saturated heterocycles. The molecule has 0 rings (SSSR count). The molecular weight excluding hydrogens is 372 g/mol. The van der Waals surface area contributed by atoms with E-state index in [9.17, 15) is 20.4 Å². The molecule has 176 valence electrons. The second kappa shape index (κ2) is 15.5. The van der Waals surface area contributed by atoms with Crippen molar-refractivity contribution in [1.82, 2.24) is 9.80 Å². The number of aliphatic hydroxyl groups excluding tert-OH is 4. The fourth-order valence-corrected chi connectivity index (χ4v) is 3.98. The van der Waals surface area contributed by atoms with Crippen molar-refractivity contribution in [2.75, 3.05) is 45.8 Å². The monoisotopic (exact) mass is 420 g/mol. The van der Waals surface area contributed by atoms with Crippen LogP contribution in [0.2, 0.25) is 0 Å². The van der Waals surface area contributed by atoms with E-state index in [0.717, 1.165) is 45.2 Å². The normalized spacial score (nSPS) is 18.6. The molecule has 0 aliphatic carbocycles. The predicted molar refractivity (Wildman–Crippen MR) is 119 cm³/mol. The summed E-state index contributed by atoms with van der Waals surface area (Å²) in [4.78, 5) is 4.15. The maximum atomic E-state index is 9.67. The molecule has 0 aromatic carbocycles. The van der Waals surface area contributed by atoms with Crippen molar-refractivity contribution in [3.05, 3.63) is 0 Å². The Bertz CT molecular complexity index is 345. The highest BCUT2D eigenvalue weighted by molar-refractivity contribution is 4.85. The number of nitrogens with two attached hydrogens (primary N) is 2. The van der Waals surface area contributed by atoms with E-state index >= 15 is 0 Å². The maximum absolute atomic E-state index is 9.67. The standard InChI is InChI=1S/C21H48N4O4/c1-17(26)13-24(14-18(2)27)11-5-7-21(23,9-10-22)8-6-12-25(15-19(3)28)16-20(4)29/h17-20,26-29H,5-16,22-23H2,1-4H3. The molecule has 29 heavy (non-hydrogen) atoms. The Labute approximate surface area is 177 Å². The average Bonchev–Trinajstić information content (AvgIpc) is 2.52. The Morgan fingerprint density at radius 2 is 0.966 bits per heavy atom. The van der Waals surface area contributed by atoms with Crippen molar-refractivity contribution in [2.24, 2.45) is 11.5 Å². The maximum Gasteiger partial charge on any atom is 0.0639 e. The molecule has 0 spiro atoms. The van der Waals surface area contributed by atoms with Gasteiger partial charge in [-0.15, -0.1) is 0 Å². The lowest BCUT2D eigenvalue weighted by molar-refractivity contribution is 0.0792. The molecule has 8 N–H and O–H groups in total. The zero-order valence-electron chi connectivity index (χ0n) is 19.1. The molecule has 0 aromatic heterocycles. The molecule has 0 aliphatic rings. The zero-order chi connectivity index (χ0) is 22.4. The van der Waals surface area contributed by atoms with Crippen molar-refractivity contribution >= 4 is 0 Å². The van der Waals surface area contributed by atoms with Gasteiger partial charge in [0.05, 0.1) is 24.4 Å². The van der Waals surface area contributed by atoms with Gasteiger partial charge in [0.25, 0.3) is 0 Å². The highest BCUT2D eigenvalue weighted by Crippen LogP contribution is 2.21. The van der Waals surface area contributed by atoms with E-state index in [-0.39, 0.29) is 5.54 Å². The minimum atomic E-state index is -0.436. The van der Waals surface area contributed by atoms with Crippen molar-refractivity contribution in [3.8, 4) is 0 Å². The summed E-state index contributed by atoms with van der Waals surface area (Å²) in [7, 11) is 0. The summed E-state index contributed by atoms with van der Waals surface area (Å²) in [5.41, 5.74) is 12.1. The third kappa shape index (κ3) is 16.1. The van der Waals surface area contributed by atoms with Gasteiger partial charge in [-0.25, -0.2) is 0 Å². The van der Waals surface area contributed by atoms with Crippen molar-refractivity contribution < 1.29 is 20.4 Å². The molecule has 4 atom stereocenters. The van der Waals surface area contributed by atoms with Crippen LogP contribution in [0.1, 0.15) is 59.8 Å². The smallest absolute Gasteiger partial charge is 0.0639 e. The summed E-state index contributed by atoms with van der Waals surface area (Å²) in [5.74, 6) is 0. The largest absolute Gasteiger partial charge is 0.392 e. The van der Waals surface area contributed by atoms with Gasteiger partial charge < -0.3 is 31.9 Å². The van der Waals surface area contributed by atoms with Crippen LogP contribution in [0.25, 0.3) is 0 Å². The molecule has 0 saturated carbocycles. The molecule has 0 aromatic rings. The quantitative estimate of drug-likeness (QED) is 0.178. The highest BCUT2D eigenvalue weighted by Gasteiger charge is 2.24. The summed E-state index contributed by atoms with van der Waals surface area (Å²) in [6, 6.07) is 0. The molecule has 8 nitrogen and oxygen atoms in total. The first-order valence-corrected chi connectivity index (χ1v) is 11.1. The van der Waals surface area contributed by atoms with Gasteiger partial charge >= 0.3 is 0 Å². The van der Waals surface area contributed by atoms with Gasteiger partial charge in [-0.2, -0.15) is 0 Å². The van der Waals surface area contributed by atoms with Crippen LogP contribution in [0.4, 0.5) is 0 Å². The Kier molecular flexibility index (Phi) is 15.3. The van der Waals surface area contributed by atoms with Gasteiger partial charge in [0.1, 0.15) is 0 Å². The summed E-state index contributed by atoms with van der Waals surface area (Å²) >= 11 is 0. The average molecular weight is 421 g/mol. The second-order valence-corrected chi connectivity index (χ2v) is 9.02. The van der Waals surface area contributed by atoms with Gasteiger partial charge in [0, 0.05) is 31.7 Å². The predicted octanol–water partition coefficient (Wildman–Crippen LogP) is -0.280. The third-order valence-corrected chi connectivity index (χ3v) is 5.03. The summed E-state index contributed by atoms with van der Waals surface area (Å²) in [5, 5.41) is 38.7. The topological polar surface area (TPSA) is 139 Å². The number of nitrogens with zero attached hydrogens (tertiary/aromatic N) is 2. The van der Waals surface area contributed by atoms with Gasteiger partial charge in [0.15, 0.2) is 0 Å². The van der Waals surface area contributed by atoms with Crippen LogP contribution in [-0.2, 0) is 0 Å². The fraction of sp³-hybridized carbons (Fsp3) is 1.00. The third-order valence-electron chi connectivity index (χ3n) is 5.03. The van der Waals surface area contributed by atoms with Crippen molar-refractivity contribution in [2.45, 2.75) is 89.8 Å². The lowest BCUT2D eigenvalue weighted by atomic mass is 9.86. The van der Waals surface area contributed by atoms with Gasteiger partial charge in [0.2, 0.25) is 0 Å². The first-order valence-electron chi connectivity index (χ1n) is 11.1. The van der Waals surface area contributed by atoms with Crippen LogP contribution >= 0.6 is 0 Å². The number of hydrogen-bond acceptors (Lipinski definition) is 8. The zero-order valence-corrected chi connectivity index (χ0v) is 19.1. The van der Waals surface area contributed by atoms with Crippen LogP contribution in [0.5, 0.6) is 0 Å². The number of aliphatic hydroxyl groups is 4. The second-order valence-electron chi connectivity index (χ2n) is 9.02. The summed E-state index contributed by atoms with van der Waals surface area (Å²) < 4.78 is 0. The number of rotatable bonds is 18. The molecule has 0 fully saturated rings. The van der Waals surface area contributed by atoms with Crippen molar-refractivity contribution in [3.63, 3.8) is 0 Å². The molecule has 0 bridgehead atoms. The molecule has 0 aliphatic heterocycles. The van der Waals surface area contributed by atoms with Crippen LogP contribution in [0, 0.1) is 0 Å². The molecule has 8 heteroatoms. The van der Waals surface area contributed by atoms with E-state index in [1.54, 1.807) is 27.7 Å². The molecular formula is C21H48N4O4. The molecule has 0 radical (unpaired) electrons. The van der Waals surface area contributed by atoms with Gasteiger partial charge in [-0.05, 0) is 79.4 Å². The van der Waals surface area contributed by atoms with E-state index < -0.39 is 24.4 Å². The summed E-state index contributed by atoms with van der Waals surface area (Å²) in [6.07, 6.45) is 2.40. The van der Waals surface area contributed by atoms with Crippen LogP contribution in [-0.4, -0.2) is 106 Å². The first kappa shape index (κ1) is 28.7. The van der Waals surface area contributed by atoms with Crippen LogP contribution in [0.3, 0.4) is 0 Å². The molecule has 4 unspecified atom stereocenters. The molecule has 0 heterocycles. The Hall–Kier alpha value is -0.320. The van der Waals surface area contributed by atoms with Crippen LogP contribution < -0.4 is 11.5 Å². The Balaban J connectivity index is 4.61. The summed E-state index contributed by atoms with van der Waals surface area (Å²) in [6.45, 7) is 11.2. The van der Waals surface area contributed by atoms with Crippen molar-refractivity contribution in [1.29, 1.82) is 0 Å². The Morgan fingerprint density at radius 1 is 0.655 bits per heavy atom. The van der Waals surface area contributed by atoms with E-state index in [1.165, 1.54) is 0 Å². The fourth-order valence-electron chi connectivity index (χ4n) is 3.98. The van der Waals surface area contributed by atoms with E-state index in [1.807, 2.05) is 0 Å². The highest BCUT2D eigenvalue weighted by atomic mass is 16.3. The van der Waals surface area contributed by atoms with Crippen LogP contribution in [0.15, 0.2) is 0 Å². The van der Waals surface area contributed by atoms with E-state index in [4.69, 9.17) is 11.5 Å². The lowest BCUT2D eigenvalue weighted by Gasteiger charge is -2.33. The van der Waals surface area contributed by atoms with Gasteiger partial charge in [-0.1, -0.05) is 0 Å². The number of hydrogen-bond donors (Lipinski definition) is 6.